The summed E-state index contributed by atoms with van der Waals surface area (Å²) in [4.78, 5) is 12.3. The van der Waals surface area contributed by atoms with Crippen molar-refractivity contribution in [2.45, 2.75) is 19.3 Å². The summed E-state index contributed by atoms with van der Waals surface area (Å²) in [6.45, 7) is 0. The zero-order chi connectivity index (χ0) is 17.7. The molecule has 3 N–H and O–H groups in total. The number of halogens is 1. The third kappa shape index (κ3) is 2.36. The van der Waals surface area contributed by atoms with E-state index in [0.717, 1.165) is 58.1 Å². The number of aromatic nitrogens is 3. The third-order valence-corrected chi connectivity index (χ3v) is 5.05. The number of nitrogen functional groups attached to an aromatic ring is 1. The SMILES string of the molecule is Nc1ncc2c(n1)-c1c([nH]c3ccc(-c4ccc(F)cc4)cc13)CCC2. The van der Waals surface area contributed by atoms with Gasteiger partial charge in [0.1, 0.15) is 5.82 Å². The van der Waals surface area contributed by atoms with Gasteiger partial charge in [-0.25, -0.2) is 14.4 Å². The molecule has 1 aliphatic carbocycles. The molecule has 0 saturated heterocycles. The van der Waals surface area contributed by atoms with Crippen LogP contribution >= 0.6 is 0 Å². The molecule has 2 aromatic carbocycles. The molecule has 1 aliphatic rings. The van der Waals surface area contributed by atoms with Gasteiger partial charge in [-0.1, -0.05) is 18.2 Å². The lowest BCUT2D eigenvalue weighted by Gasteiger charge is -2.07. The fourth-order valence-electron chi connectivity index (χ4n) is 3.80. The molecule has 0 fully saturated rings. The molecule has 0 spiro atoms. The van der Waals surface area contributed by atoms with E-state index in [4.69, 9.17) is 5.73 Å². The number of H-pyrrole nitrogens is 1. The summed E-state index contributed by atoms with van der Waals surface area (Å²) in [7, 11) is 0. The molecule has 128 valence electrons. The van der Waals surface area contributed by atoms with E-state index in [1.54, 1.807) is 12.1 Å². The van der Waals surface area contributed by atoms with Gasteiger partial charge in [0.25, 0.3) is 0 Å². The molecule has 0 radical (unpaired) electrons. The molecule has 0 amide bonds. The monoisotopic (exact) mass is 344 g/mol. The highest BCUT2D eigenvalue weighted by atomic mass is 19.1. The molecule has 5 rings (SSSR count). The summed E-state index contributed by atoms with van der Waals surface area (Å²) in [5, 5.41) is 1.11. The molecule has 0 bridgehead atoms. The van der Waals surface area contributed by atoms with E-state index in [1.807, 2.05) is 6.20 Å². The number of benzene rings is 2. The molecule has 0 saturated carbocycles. The topological polar surface area (TPSA) is 67.6 Å². The zero-order valence-corrected chi connectivity index (χ0v) is 14.1. The average molecular weight is 344 g/mol. The predicted octanol–water partition coefficient (Wildman–Crippen LogP) is 4.50. The van der Waals surface area contributed by atoms with E-state index < -0.39 is 0 Å². The zero-order valence-electron chi connectivity index (χ0n) is 14.1. The van der Waals surface area contributed by atoms with Gasteiger partial charge in [0.15, 0.2) is 0 Å². The van der Waals surface area contributed by atoms with Crippen molar-refractivity contribution in [2.24, 2.45) is 0 Å². The van der Waals surface area contributed by atoms with Crippen LogP contribution in [0.2, 0.25) is 0 Å². The molecular formula is C21H17FN4. The van der Waals surface area contributed by atoms with Crippen LogP contribution in [0.15, 0.2) is 48.7 Å². The van der Waals surface area contributed by atoms with Crippen LogP contribution in [0.1, 0.15) is 17.7 Å². The fraction of sp³-hybridized carbons (Fsp3) is 0.143. The van der Waals surface area contributed by atoms with Crippen LogP contribution in [0, 0.1) is 5.82 Å². The van der Waals surface area contributed by atoms with Crippen LogP contribution in [0.5, 0.6) is 0 Å². The van der Waals surface area contributed by atoms with E-state index >= 15 is 0 Å². The van der Waals surface area contributed by atoms with E-state index in [-0.39, 0.29) is 5.82 Å². The Kier molecular flexibility index (Phi) is 3.28. The summed E-state index contributed by atoms with van der Waals surface area (Å²) in [5.74, 6) is 0.0621. The number of nitrogens with two attached hydrogens (primary N) is 1. The highest BCUT2D eigenvalue weighted by Gasteiger charge is 2.21. The smallest absolute Gasteiger partial charge is 0.220 e. The van der Waals surface area contributed by atoms with Crippen LogP contribution < -0.4 is 5.73 Å². The standard InChI is InChI=1S/C21H17FN4/c22-15-7-4-12(5-8-15)13-6-9-17-16(10-13)19-18(25-17)3-1-2-14-11-24-21(23)26-20(14)19/h4-11,25H,1-3H2,(H2,23,24,26). The summed E-state index contributed by atoms with van der Waals surface area (Å²) in [6.07, 6.45) is 4.80. The first-order valence-corrected chi connectivity index (χ1v) is 8.71. The van der Waals surface area contributed by atoms with Crippen LogP contribution in [0.3, 0.4) is 0 Å². The second kappa shape index (κ2) is 5.66. The van der Waals surface area contributed by atoms with Crippen LogP contribution in [0.25, 0.3) is 33.3 Å². The van der Waals surface area contributed by atoms with E-state index in [0.29, 0.717) is 5.95 Å². The van der Waals surface area contributed by atoms with Gasteiger partial charge in [-0.3, -0.25) is 0 Å². The number of fused-ring (bicyclic) bond motifs is 5. The quantitative estimate of drug-likeness (QED) is 0.534. The van der Waals surface area contributed by atoms with Crippen molar-refractivity contribution in [1.29, 1.82) is 0 Å². The second-order valence-electron chi connectivity index (χ2n) is 6.70. The normalized spacial score (nSPS) is 13.3. The Hall–Kier alpha value is -3.21. The van der Waals surface area contributed by atoms with Crippen molar-refractivity contribution in [3.8, 4) is 22.4 Å². The van der Waals surface area contributed by atoms with Gasteiger partial charge in [0, 0.05) is 28.4 Å². The summed E-state index contributed by atoms with van der Waals surface area (Å²) in [5.41, 5.74) is 13.3. The van der Waals surface area contributed by atoms with E-state index in [9.17, 15) is 4.39 Å². The van der Waals surface area contributed by atoms with Gasteiger partial charge >= 0.3 is 0 Å². The Bertz CT molecular complexity index is 1130. The van der Waals surface area contributed by atoms with Gasteiger partial charge in [0.05, 0.1) is 5.69 Å². The Morgan fingerprint density at radius 2 is 1.81 bits per heavy atom. The molecule has 2 aromatic heterocycles. The Morgan fingerprint density at radius 1 is 1.00 bits per heavy atom. The third-order valence-electron chi connectivity index (χ3n) is 5.05. The molecule has 2 heterocycles. The molecular weight excluding hydrogens is 327 g/mol. The lowest BCUT2D eigenvalue weighted by molar-refractivity contribution is 0.628. The molecule has 0 unspecified atom stereocenters. The highest BCUT2D eigenvalue weighted by Crippen LogP contribution is 2.38. The minimum Gasteiger partial charge on any atom is -0.368 e. The maximum absolute atomic E-state index is 13.2. The van der Waals surface area contributed by atoms with Crippen LogP contribution in [-0.4, -0.2) is 15.0 Å². The van der Waals surface area contributed by atoms with E-state index in [2.05, 4.69) is 33.2 Å². The van der Waals surface area contributed by atoms with Crippen molar-refractivity contribution in [2.75, 3.05) is 5.73 Å². The van der Waals surface area contributed by atoms with Crippen molar-refractivity contribution in [3.63, 3.8) is 0 Å². The number of rotatable bonds is 1. The Labute approximate surface area is 149 Å². The number of anilines is 1. The number of aromatic amines is 1. The maximum Gasteiger partial charge on any atom is 0.220 e. The molecule has 0 atom stereocenters. The first-order chi connectivity index (χ1) is 12.7. The number of aryl methyl sites for hydroxylation is 2. The molecule has 5 heteroatoms. The van der Waals surface area contributed by atoms with Gasteiger partial charge in [0.2, 0.25) is 5.95 Å². The highest BCUT2D eigenvalue weighted by molar-refractivity contribution is 5.99. The average Bonchev–Trinajstić information content (AvgIpc) is 2.91. The summed E-state index contributed by atoms with van der Waals surface area (Å²) >= 11 is 0. The lowest BCUT2D eigenvalue weighted by Crippen LogP contribution is -1.99. The maximum atomic E-state index is 13.2. The molecule has 0 aliphatic heterocycles. The fourth-order valence-corrected chi connectivity index (χ4v) is 3.80. The van der Waals surface area contributed by atoms with Crippen molar-refractivity contribution >= 4 is 16.9 Å². The molecule has 4 nitrogen and oxygen atoms in total. The Balaban J connectivity index is 1.77. The molecule has 26 heavy (non-hydrogen) atoms. The lowest BCUT2D eigenvalue weighted by atomic mass is 9.99. The summed E-state index contributed by atoms with van der Waals surface area (Å²) in [6, 6.07) is 12.9. The minimum atomic E-state index is -0.230. The Morgan fingerprint density at radius 3 is 2.65 bits per heavy atom. The van der Waals surface area contributed by atoms with E-state index in [1.165, 1.54) is 17.8 Å². The van der Waals surface area contributed by atoms with Gasteiger partial charge in [-0.15, -0.1) is 0 Å². The minimum absolute atomic E-state index is 0.230. The number of nitrogens with zero attached hydrogens (tertiary/aromatic N) is 2. The van der Waals surface area contributed by atoms with Gasteiger partial charge in [-0.2, -0.15) is 0 Å². The number of nitrogens with one attached hydrogen (secondary N) is 1. The number of hydrogen-bond acceptors (Lipinski definition) is 3. The second-order valence-corrected chi connectivity index (χ2v) is 6.70. The van der Waals surface area contributed by atoms with Crippen LogP contribution in [-0.2, 0) is 12.8 Å². The predicted molar refractivity (Wildman–Crippen MR) is 101 cm³/mol. The largest absolute Gasteiger partial charge is 0.368 e. The first-order valence-electron chi connectivity index (χ1n) is 8.71. The van der Waals surface area contributed by atoms with Crippen molar-refractivity contribution in [3.05, 3.63) is 65.7 Å². The van der Waals surface area contributed by atoms with Gasteiger partial charge in [-0.05, 0) is 60.2 Å². The summed E-state index contributed by atoms with van der Waals surface area (Å²) < 4.78 is 13.2. The van der Waals surface area contributed by atoms with Crippen molar-refractivity contribution < 1.29 is 4.39 Å². The first kappa shape index (κ1) is 15.1. The van der Waals surface area contributed by atoms with Crippen LogP contribution in [0.4, 0.5) is 10.3 Å². The number of hydrogen-bond donors (Lipinski definition) is 2. The molecule has 4 aromatic rings. The van der Waals surface area contributed by atoms with Crippen molar-refractivity contribution in [1.82, 2.24) is 15.0 Å². The van der Waals surface area contributed by atoms with Gasteiger partial charge < -0.3 is 10.7 Å².